The molecule has 4 amide bonds. The summed E-state index contributed by atoms with van der Waals surface area (Å²) in [4.78, 5) is 98.8. The molecule has 65 heavy (non-hydrogen) atoms. The Bertz CT molecular complexity index is 2410. The van der Waals surface area contributed by atoms with Crippen molar-refractivity contribution in [3.8, 4) is 33.8 Å². The van der Waals surface area contributed by atoms with Gasteiger partial charge in [0.2, 0.25) is 24.6 Å². The number of nitro groups is 2. The van der Waals surface area contributed by atoms with Gasteiger partial charge in [0.25, 0.3) is 11.4 Å². The van der Waals surface area contributed by atoms with Crippen molar-refractivity contribution in [3.63, 3.8) is 0 Å². The average molecular weight is 905 g/mol. The van der Waals surface area contributed by atoms with Crippen LogP contribution in [0.4, 0.5) is 11.4 Å². The van der Waals surface area contributed by atoms with Gasteiger partial charge < -0.3 is 30.2 Å². The first kappa shape index (κ1) is 44.5. The number of fused-ring (bicyclic) bond motifs is 2. The van der Waals surface area contributed by atoms with Crippen LogP contribution in [0.3, 0.4) is 0 Å². The molecule has 8 rings (SSSR count). The second-order valence-corrected chi connectivity index (χ2v) is 16.8. The summed E-state index contributed by atoms with van der Waals surface area (Å²) >= 11 is 0.860. The molecule has 0 aliphatic carbocycles. The monoisotopic (exact) mass is 904 g/mol. The zero-order valence-electron chi connectivity index (χ0n) is 35.0. The van der Waals surface area contributed by atoms with E-state index in [9.17, 15) is 39.4 Å². The number of nitrogens with zero attached hydrogens (tertiary/aromatic N) is 4. The number of amides is 4. The van der Waals surface area contributed by atoms with Crippen molar-refractivity contribution in [2.45, 2.75) is 60.4 Å². The van der Waals surface area contributed by atoms with E-state index >= 15 is 0 Å². The summed E-state index contributed by atoms with van der Waals surface area (Å²) in [6.45, 7) is 2.22. The van der Waals surface area contributed by atoms with Crippen LogP contribution >= 0.6 is 11.8 Å². The average Bonchev–Trinajstić information content (AvgIpc) is 3.32. The normalized spacial score (nSPS) is 16.6. The predicted octanol–water partition coefficient (Wildman–Crippen LogP) is 6.22. The molecule has 2 saturated heterocycles. The lowest BCUT2D eigenvalue weighted by Crippen LogP contribution is -2.44. The fraction of sp³-hybridized carbons (Fsp3) is 0.304. The van der Waals surface area contributed by atoms with E-state index in [1.807, 2.05) is 0 Å². The SMILES string of the molecule is O=CNC1CCN(C(=O)/C=C/c2ccc(Sc3ccc(/C=C/C(=O)N4CCC(NC=O)CC4)c(-c4ccc5c(c4)CCOO5)c3[N+](=O)[O-])c([N+](=O)[O-])c2-c2ccc3c(c2)CCOO3)CC1. The van der Waals surface area contributed by atoms with Crippen molar-refractivity contribution in [2.75, 3.05) is 39.4 Å². The van der Waals surface area contributed by atoms with Gasteiger partial charge in [0.05, 0.1) is 44.0 Å². The van der Waals surface area contributed by atoms with E-state index < -0.39 is 9.85 Å². The number of carbonyl (C=O) groups excluding carboxylic acids is 4. The summed E-state index contributed by atoms with van der Waals surface area (Å²) in [6, 6.07) is 16.4. The maximum atomic E-state index is 13.4. The summed E-state index contributed by atoms with van der Waals surface area (Å²) < 4.78 is 0. The Hall–Kier alpha value is -7.09. The Balaban J connectivity index is 1.20. The van der Waals surface area contributed by atoms with Crippen molar-refractivity contribution in [2.24, 2.45) is 0 Å². The first-order valence-electron chi connectivity index (χ1n) is 21.1. The lowest BCUT2D eigenvalue weighted by molar-refractivity contribution is -0.387. The predicted molar refractivity (Wildman–Crippen MR) is 237 cm³/mol. The minimum atomic E-state index is -0.528. The van der Waals surface area contributed by atoms with Crippen LogP contribution in [0.1, 0.15) is 47.9 Å². The zero-order chi connectivity index (χ0) is 45.5. The maximum Gasteiger partial charge on any atom is 0.291 e. The number of piperidine rings is 2. The highest BCUT2D eigenvalue weighted by Gasteiger charge is 2.31. The largest absolute Gasteiger partial charge is 0.356 e. The Kier molecular flexibility index (Phi) is 13.8. The highest BCUT2D eigenvalue weighted by molar-refractivity contribution is 7.99. The number of nitrogens with one attached hydrogen (secondary N) is 2. The molecule has 4 heterocycles. The summed E-state index contributed by atoms with van der Waals surface area (Å²) in [5.41, 5.74) is 2.87. The molecule has 0 saturated carbocycles. The number of likely N-dealkylation sites (tertiary alicyclic amines) is 2. The van der Waals surface area contributed by atoms with Crippen LogP contribution < -0.4 is 20.4 Å². The van der Waals surface area contributed by atoms with Crippen molar-refractivity contribution in [1.82, 2.24) is 20.4 Å². The van der Waals surface area contributed by atoms with Gasteiger partial charge in [-0.25, -0.2) is 0 Å². The summed E-state index contributed by atoms with van der Waals surface area (Å²) in [5, 5.41) is 32.2. The summed E-state index contributed by atoms with van der Waals surface area (Å²) in [5.74, 6) is 0.331. The van der Waals surface area contributed by atoms with Crippen LogP contribution in [0.15, 0.2) is 82.6 Å². The van der Waals surface area contributed by atoms with Gasteiger partial charge in [0.1, 0.15) is 0 Å². The van der Waals surface area contributed by atoms with Crippen molar-refractivity contribution in [3.05, 3.63) is 115 Å². The molecule has 4 aliphatic rings. The second kappa shape index (κ2) is 20.2. The molecule has 0 spiro atoms. The van der Waals surface area contributed by atoms with Crippen LogP contribution in [0.25, 0.3) is 34.4 Å². The van der Waals surface area contributed by atoms with Gasteiger partial charge in [-0.15, -0.1) is 0 Å². The Morgan fingerprint density at radius 3 is 1.43 bits per heavy atom. The van der Waals surface area contributed by atoms with Gasteiger partial charge in [0.15, 0.2) is 11.5 Å². The van der Waals surface area contributed by atoms with Gasteiger partial charge in [-0.3, -0.25) is 39.4 Å². The van der Waals surface area contributed by atoms with Crippen LogP contribution in [0, 0.1) is 20.2 Å². The van der Waals surface area contributed by atoms with Gasteiger partial charge in [-0.1, -0.05) is 36.0 Å². The highest BCUT2D eigenvalue weighted by atomic mass is 32.2. The van der Waals surface area contributed by atoms with E-state index in [2.05, 4.69) is 10.6 Å². The second-order valence-electron chi connectivity index (χ2n) is 15.8. The molecule has 0 bridgehead atoms. The minimum Gasteiger partial charge on any atom is -0.356 e. The molecule has 4 aromatic carbocycles. The van der Waals surface area contributed by atoms with Gasteiger partial charge in [0, 0.05) is 74.4 Å². The molecule has 0 aromatic heterocycles. The van der Waals surface area contributed by atoms with E-state index in [4.69, 9.17) is 19.6 Å². The Morgan fingerprint density at radius 1 is 0.631 bits per heavy atom. The first-order valence-corrected chi connectivity index (χ1v) is 21.9. The van der Waals surface area contributed by atoms with Crippen molar-refractivity contribution >= 4 is 59.9 Å². The fourth-order valence-corrected chi connectivity index (χ4v) is 9.56. The van der Waals surface area contributed by atoms with Crippen LogP contribution in [0.5, 0.6) is 11.5 Å². The molecule has 18 nitrogen and oxygen atoms in total. The molecule has 0 radical (unpaired) electrons. The molecule has 19 heteroatoms. The number of nitro benzene ring substituents is 2. The van der Waals surface area contributed by atoms with Crippen LogP contribution in [0.2, 0.25) is 0 Å². The smallest absolute Gasteiger partial charge is 0.291 e. The molecular weight excluding hydrogens is 861 g/mol. The summed E-state index contributed by atoms with van der Waals surface area (Å²) in [6.07, 6.45) is 10.4. The zero-order valence-corrected chi connectivity index (χ0v) is 35.8. The van der Waals surface area contributed by atoms with Crippen LogP contribution in [-0.4, -0.2) is 95.8 Å². The number of carbonyl (C=O) groups is 4. The standard InChI is InChI=1S/C46H44N6O12S/c53-27-47-35-13-19-49(20-14-35)41(55)11-5-29-3-9-39(45(51(57)58)43(29)33-1-7-37-31(25-33)17-23-61-63-37)65-40-10-4-30(6-12-42(56)50-21-15-36(16-22-50)48-28-54)44(46(40)52(59)60)34-2-8-38-32(26-34)18-24-62-64-38/h1-12,25-28,35-36H,13-24H2,(H,47,53)(H,48,54)/b11-5+,12-6+. The lowest BCUT2D eigenvalue weighted by Gasteiger charge is -2.30. The van der Waals surface area contributed by atoms with E-state index in [-0.39, 0.29) is 69.4 Å². The molecule has 0 atom stereocenters. The van der Waals surface area contributed by atoms with Gasteiger partial charge >= 0.3 is 0 Å². The third kappa shape index (κ3) is 10.0. The van der Waals surface area contributed by atoms with Gasteiger partial charge in [-0.2, -0.15) is 9.78 Å². The van der Waals surface area contributed by atoms with E-state index in [1.165, 1.54) is 36.4 Å². The van der Waals surface area contributed by atoms with Crippen LogP contribution in [-0.2, 0) is 41.8 Å². The molecule has 2 N–H and O–H groups in total. The first-order chi connectivity index (χ1) is 31.6. The molecule has 4 aromatic rings. The number of rotatable bonds is 14. The third-order valence-electron chi connectivity index (χ3n) is 11.9. The van der Waals surface area contributed by atoms with E-state index in [0.717, 1.165) is 22.9 Å². The van der Waals surface area contributed by atoms with Crippen molar-refractivity contribution in [1.29, 1.82) is 0 Å². The Labute approximate surface area is 376 Å². The third-order valence-corrected chi connectivity index (χ3v) is 13.0. The molecule has 336 valence electrons. The number of benzene rings is 4. The fourth-order valence-electron chi connectivity index (χ4n) is 8.50. The Morgan fingerprint density at radius 2 is 1.05 bits per heavy atom. The topological polar surface area (TPSA) is 222 Å². The maximum absolute atomic E-state index is 13.4. The quantitative estimate of drug-likeness (QED) is 0.0472. The summed E-state index contributed by atoms with van der Waals surface area (Å²) in [7, 11) is 0. The molecule has 2 fully saturated rings. The van der Waals surface area contributed by atoms with E-state index in [1.54, 1.807) is 58.3 Å². The highest BCUT2D eigenvalue weighted by Crippen LogP contribution is 2.49. The van der Waals surface area contributed by atoms with Gasteiger partial charge in [-0.05, 0) is 96.5 Å². The molecular formula is C46H44N6O12S. The lowest BCUT2D eigenvalue weighted by atomic mass is 9.94. The van der Waals surface area contributed by atoms with E-state index in [0.29, 0.717) is 111 Å². The number of hydrogen-bond acceptors (Lipinski definition) is 13. The molecule has 0 unspecified atom stereocenters. The minimum absolute atomic E-state index is 0.0305. The number of hydrogen-bond donors (Lipinski definition) is 2. The molecule has 4 aliphatic heterocycles. The van der Waals surface area contributed by atoms with Crippen molar-refractivity contribution < 1.29 is 48.6 Å².